The molecule has 0 aromatic heterocycles. The summed E-state index contributed by atoms with van der Waals surface area (Å²) in [4.78, 5) is 12.3. The molecule has 15 heavy (non-hydrogen) atoms. The third-order valence-electron chi connectivity index (χ3n) is 3.76. The largest absolute Gasteiger partial charge is 0.356 e. The van der Waals surface area contributed by atoms with E-state index in [1.54, 1.807) is 0 Å². The molecule has 0 saturated heterocycles. The van der Waals surface area contributed by atoms with E-state index in [0.29, 0.717) is 22.6 Å². The molecule has 2 atom stereocenters. The van der Waals surface area contributed by atoms with Gasteiger partial charge in [0.25, 0.3) is 0 Å². The van der Waals surface area contributed by atoms with Crippen LogP contribution in [0.2, 0.25) is 0 Å². The number of carbonyl (C=O) groups is 1. The van der Waals surface area contributed by atoms with Crippen LogP contribution in [-0.4, -0.2) is 17.3 Å². The summed E-state index contributed by atoms with van der Waals surface area (Å²) in [7, 11) is 0. The number of hydrogen-bond acceptors (Lipinski definition) is 1. The Kier molecular flexibility index (Phi) is 4.06. The van der Waals surface area contributed by atoms with Gasteiger partial charge in [0.2, 0.25) is 5.91 Å². The van der Waals surface area contributed by atoms with Crippen molar-refractivity contribution in [1.29, 1.82) is 0 Å². The summed E-state index contributed by atoms with van der Waals surface area (Å²) < 4.78 is 0. The Morgan fingerprint density at radius 1 is 1.20 bits per heavy atom. The van der Waals surface area contributed by atoms with Gasteiger partial charge in [0.1, 0.15) is 0 Å². The summed E-state index contributed by atoms with van der Waals surface area (Å²) in [5, 5.41) is 3.12. The summed E-state index contributed by atoms with van der Waals surface area (Å²) in [6, 6.07) is 0. The zero-order valence-electron chi connectivity index (χ0n) is 9.18. The van der Waals surface area contributed by atoms with Crippen molar-refractivity contribution in [3.05, 3.63) is 0 Å². The lowest BCUT2D eigenvalue weighted by atomic mass is 9.84. The molecule has 0 aromatic carbocycles. The van der Waals surface area contributed by atoms with Crippen molar-refractivity contribution >= 4 is 21.8 Å². The van der Waals surface area contributed by atoms with Crippen LogP contribution < -0.4 is 5.32 Å². The Hall–Kier alpha value is -0.0500. The standard InChI is InChI=1S/C12H20BrNO/c13-11-6-1-3-9(7-11)8-14-12(15)10-4-2-5-10/h9-11H,1-8H2,(H,14,15). The molecule has 1 N–H and O–H groups in total. The summed E-state index contributed by atoms with van der Waals surface area (Å²) in [5.74, 6) is 1.35. The lowest BCUT2D eigenvalue weighted by Gasteiger charge is -2.28. The van der Waals surface area contributed by atoms with Gasteiger partial charge < -0.3 is 5.32 Å². The topological polar surface area (TPSA) is 29.1 Å². The van der Waals surface area contributed by atoms with Crippen molar-refractivity contribution in [3.8, 4) is 0 Å². The molecule has 0 heterocycles. The highest BCUT2D eigenvalue weighted by Crippen LogP contribution is 2.29. The van der Waals surface area contributed by atoms with Gasteiger partial charge in [-0.05, 0) is 38.0 Å². The molecule has 1 amide bonds. The highest BCUT2D eigenvalue weighted by Gasteiger charge is 2.26. The van der Waals surface area contributed by atoms with Gasteiger partial charge >= 0.3 is 0 Å². The maximum Gasteiger partial charge on any atom is 0.223 e. The van der Waals surface area contributed by atoms with Gasteiger partial charge in [0.05, 0.1) is 0 Å². The van der Waals surface area contributed by atoms with Crippen LogP contribution in [0, 0.1) is 11.8 Å². The van der Waals surface area contributed by atoms with E-state index >= 15 is 0 Å². The molecule has 2 saturated carbocycles. The summed E-state index contributed by atoms with van der Waals surface area (Å²) in [6.45, 7) is 0.900. The number of hydrogen-bond donors (Lipinski definition) is 1. The van der Waals surface area contributed by atoms with E-state index in [1.807, 2.05) is 0 Å². The molecule has 0 aromatic rings. The van der Waals surface area contributed by atoms with Crippen LogP contribution in [0.5, 0.6) is 0 Å². The van der Waals surface area contributed by atoms with Gasteiger partial charge in [-0.3, -0.25) is 4.79 Å². The van der Waals surface area contributed by atoms with Gasteiger partial charge in [-0.25, -0.2) is 0 Å². The predicted molar refractivity (Wildman–Crippen MR) is 65.0 cm³/mol. The summed E-state index contributed by atoms with van der Waals surface area (Å²) >= 11 is 3.68. The Labute approximate surface area is 100 Å². The van der Waals surface area contributed by atoms with Gasteiger partial charge in [-0.1, -0.05) is 28.8 Å². The summed E-state index contributed by atoms with van der Waals surface area (Å²) in [6.07, 6.45) is 8.57. The van der Waals surface area contributed by atoms with E-state index < -0.39 is 0 Å². The minimum atomic E-state index is 0.304. The maximum absolute atomic E-state index is 11.6. The Morgan fingerprint density at radius 3 is 2.53 bits per heavy atom. The smallest absolute Gasteiger partial charge is 0.223 e. The lowest BCUT2D eigenvalue weighted by Crippen LogP contribution is -2.38. The van der Waals surface area contributed by atoms with Gasteiger partial charge in [-0.15, -0.1) is 0 Å². The van der Waals surface area contributed by atoms with Crippen LogP contribution in [-0.2, 0) is 4.79 Å². The van der Waals surface area contributed by atoms with E-state index in [4.69, 9.17) is 0 Å². The van der Waals surface area contributed by atoms with E-state index in [-0.39, 0.29) is 0 Å². The Bertz CT molecular complexity index is 228. The maximum atomic E-state index is 11.6. The average Bonchev–Trinajstić information content (AvgIpc) is 2.12. The monoisotopic (exact) mass is 273 g/mol. The first-order chi connectivity index (χ1) is 7.25. The molecule has 0 aliphatic heterocycles. The number of halogens is 1. The van der Waals surface area contributed by atoms with E-state index in [9.17, 15) is 4.79 Å². The fraction of sp³-hybridized carbons (Fsp3) is 0.917. The molecule has 86 valence electrons. The molecule has 2 fully saturated rings. The first kappa shape index (κ1) is 11.4. The number of amides is 1. The van der Waals surface area contributed by atoms with E-state index in [0.717, 1.165) is 19.4 Å². The zero-order valence-corrected chi connectivity index (χ0v) is 10.8. The van der Waals surface area contributed by atoms with Crippen LogP contribution in [0.4, 0.5) is 0 Å². The van der Waals surface area contributed by atoms with Crippen LogP contribution >= 0.6 is 15.9 Å². The third-order valence-corrected chi connectivity index (χ3v) is 4.59. The van der Waals surface area contributed by atoms with Crippen molar-refractivity contribution in [1.82, 2.24) is 5.32 Å². The zero-order chi connectivity index (χ0) is 10.7. The van der Waals surface area contributed by atoms with Crippen LogP contribution in [0.15, 0.2) is 0 Å². The normalized spacial score (nSPS) is 32.1. The minimum Gasteiger partial charge on any atom is -0.356 e. The van der Waals surface area contributed by atoms with Crippen LogP contribution in [0.3, 0.4) is 0 Å². The number of carbonyl (C=O) groups excluding carboxylic acids is 1. The van der Waals surface area contributed by atoms with Crippen molar-refractivity contribution in [2.24, 2.45) is 11.8 Å². The Morgan fingerprint density at radius 2 is 1.93 bits per heavy atom. The van der Waals surface area contributed by atoms with Crippen molar-refractivity contribution < 1.29 is 4.79 Å². The highest BCUT2D eigenvalue weighted by molar-refractivity contribution is 9.09. The fourth-order valence-electron chi connectivity index (χ4n) is 2.47. The molecule has 2 unspecified atom stereocenters. The molecular weight excluding hydrogens is 254 g/mol. The van der Waals surface area contributed by atoms with Crippen molar-refractivity contribution in [2.75, 3.05) is 6.54 Å². The second-order valence-corrected chi connectivity index (χ2v) is 6.30. The number of alkyl halides is 1. The molecular formula is C12H20BrNO. The van der Waals surface area contributed by atoms with Gasteiger partial charge in [0.15, 0.2) is 0 Å². The fourth-order valence-corrected chi connectivity index (χ4v) is 3.32. The predicted octanol–water partition coefficient (Wildman–Crippen LogP) is 2.86. The number of nitrogens with one attached hydrogen (secondary N) is 1. The molecule has 3 heteroatoms. The average molecular weight is 274 g/mol. The molecule has 0 spiro atoms. The quantitative estimate of drug-likeness (QED) is 0.788. The molecule has 0 radical (unpaired) electrons. The SMILES string of the molecule is O=C(NCC1CCCC(Br)C1)C1CCC1. The third kappa shape index (κ3) is 3.20. The van der Waals surface area contributed by atoms with E-state index in [1.165, 1.54) is 32.1 Å². The van der Waals surface area contributed by atoms with Crippen LogP contribution in [0.1, 0.15) is 44.9 Å². The second-order valence-electron chi connectivity index (χ2n) is 5.00. The molecule has 2 aliphatic rings. The summed E-state index contributed by atoms with van der Waals surface area (Å²) in [5.41, 5.74) is 0. The van der Waals surface area contributed by atoms with E-state index in [2.05, 4.69) is 21.2 Å². The molecule has 2 rings (SSSR count). The highest BCUT2D eigenvalue weighted by atomic mass is 79.9. The number of rotatable bonds is 3. The van der Waals surface area contributed by atoms with Crippen LogP contribution in [0.25, 0.3) is 0 Å². The van der Waals surface area contributed by atoms with Crippen molar-refractivity contribution in [2.45, 2.75) is 49.8 Å². The van der Waals surface area contributed by atoms with Gasteiger partial charge in [-0.2, -0.15) is 0 Å². The molecule has 2 nitrogen and oxygen atoms in total. The van der Waals surface area contributed by atoms with Crippen molar-refractivity contribution in [3.63, 3.8) is 0 Å². The minimum absolute atomic E-state index is 0.304. The second kappa shape index (κ2) is 5.33. The lowest BCUT2D eigenvalue weighted by molar-refractivity contribution is -0.127. The Balaban J connectivity index is 1.65. The molecule has 0 bridgehead atoms. The molecule has 2 aliphatic carbocycles. The first-order valence-corrected chi connectivity index (χ1v) is 7.09. The first-order valence-electron chi connectivity index (χ1n) is 6.17. The van der Waals surface area contributed by atoms with Gasteiger partial charge in [0, 0.05) is 17.3 Å².